The molecule has 1 aliphatic heterocycles. The maximum Gasteiger partial charge on any atom is 0.220 e. The Morgan fingerprint density at radius 3 is 2.55 bits per heavy atom. The van der Waals surface area contributed by atoms with E-state index >= 15 is 0 Å². The highest BCUT2D eigenvalue weighted by molar-refractivity contribution is 5.77. The summed E-state index contributed by atoms with van der Waals surface area (Å²) in [5.74, 6) is 0.618. The van der Waals surface area contributed by atoms with Crippen molar-refractivity contribution in [3.05, 3.63) is 23.8 Å². The Labute approximate surface area is 119 Å². The van der Waals surface area contributed by atoms with Crippen LogP contribution in [-0.2, 0) is 4.79 Å². The van der Waals surface area contributed by atoms with E-state index in [0.29, 0.717) is 0 Å². The average Bonchev–Trinajstić information content (AvgIpc) is 2.46. The Balaban J connectivity index is 2.23. The predicted molar refractivity (Wildman–Crippen MR) is 79.7 cm³/mol. The van der Waals surface area contributed by atoms with Crippen molar-refractivity contribution in [2.45, 2.75) is 25.8 Å². The van der Waals surface area contributed by atoms with Crippen LogP contribution in [0.4, 0.5) is 5.69 Å². The highest BCUT2D eigenvalue weighted by atomic mass is 16.5. The molecule has 1 aromatic rings. The summed E-state index contributed by atoms with van der Waals surface area (Å²) in [7, 11) is 1.66. The van der Waals surface area contributed by atoms with Crippen LogP contribution in [0, 0.1) is 5.92 Å². The molecule has 5 nitrogen and oxygen atoms in total. The molecule has 1 heterocycles. The van der Waals surface area contributed by atoms with Gasteiger partial charge in [0.05, 0.1) is 7.11 Å². The van der Waals surface area contributed by atoms with E-state index in [9.17, 15) is 4.79 Å². The minimum Gasteiger partial charge on any atom is -0.496 e. The molecule has 2 rings (SSSR count). The highest BCUT2D eigenvalue weighted by Crippen LogP contribution is 2.35. The summed E-state index contributed by atoms with van der Waals surface area (Å²) in [5.41, 5.74) is 13.6. The Morgan fingerprint density at radius 1 is 1.40 bits per heavy atom. The zero-order valence-corrected chi connectivity index (χ0v) is 12.1. The summed E-state index contributed by atoms with van der Waals surface area (Å²) in [4.78, 5) is 13.5. The maximum atomic E-state index is 11.2. The summed E-state index contributed by atoms with van der Waals surface area (Å²) in [6, 6.07) is 5.86. The quantitative estimate of drug-likeness (QED) is 0.872. The van der Waals surface area contributed by atoms with E-state index in [1.165, 1.54) is 0 Å². The summed E-state index contributed by atoms with van der Waals surface area (Å²) in [6.45, 7) is 3.60. The zero-order chi connectivity index (χ0) is 14.7. The van der Waals surface area contributed by atoms with E-state index in [4.69, 9.17) is 16.2 Å². The summed E-state index contributed by atoms with van der Waals surface area (Å²) in [5, 5.41) is 0. The first-order valence-electron chi connectivity index (χ1n) is 7.01. The fourth-order valence-electron chi connectivity index (χ4n) is 2.85. The number of hydrogen-bond acceptors (Lipinski definition) is 4. The summed E-state index contributed by atoms with van der Waals surface area (Å²) < 4.78 is 5.42. The number of ether oxygens (including phenoxy) is 1. The number of primary amides is 1. The van der Waals surface area contributed by atoms with Crippen LogP contribution in [-0.4, -0.2) is 26.1 Å². The molecular weight excluding hydrogens is 254 g/mol. The SMILES string of the molecule is COc1cccc(N2CCC(C(N)=O)CC2)c1[C@@H](C)N. The molecule has 4 N–H and O–H groups in total. The van der Waals surface area contributed by atoms with Gasteiger partial charge >= 0.3 is 0 Å². The van der Waals surface area contributed by atoms with E-state index in [-0.39, 0.29) is 17.9 Å². The third-order valence-corrected chi connectivity index (χ3v) is 3.96. The van der Waals surface area contributed by atoms with Gasteiger partial charge in [0.1, 0.15) is 5.75 Å². The largest absolute Gasteiger partial charge is 0.496 e. The van der Waals surface area contributed by atoms with Crippen molar-refractivity contribution >= 4 is 11.6 Å². The Bertz CT molecular complexity index is 480. The van der Waals surface area contributed by atoms with Gasteiger partial charge in [0, 0.05) is 36.3 Å². The van der Waals surface area contributed by atoms with Gasteiger partial charge in [-0.15, -0.1) is 0 Å². The minimum absolute atomic E-state index is 0.00407. The number of methoxy groups -OCH3 is 1. The van der Waals surface area contributed by atoms with Crippen LogP contribution in [0.2, 0.25) is 0 Å². The third kappa shape index (κ3) is 2.88. The Morgan fingerprint density at radius 2 is 2.05 bits per heavy atom. The second-order valence-corrected chi connectivity index (χ2v) is 5.35. The fourth-order valence-corrected chi connectivity index (χ4v) is 2.85. The van der Waals surface area contributed by atoms with E-state index in [0.717, 1.165) is 42.9 Å². The molecule has 0 aromatic heterocycles. The van der Waals surface area contributed by atoms with Gasteiger partial charge in [-0.2, -0.15) is 0 Å². The molecule has 1 fully saturated rings. The number of rotatable bonds is 4. The summed E-state index contributed by atoms with van der Waals surface area (Å²) >= 11 is 0. The number of carbonyl (C=O) groups is 1. The van der Waals surface area contributed by atoms with Gasteiger partial charge < -0.3 is 21.1 Å². The lowest BCUT2D eigenvalue weighted by atomic mass is 9.94. The number of nitrogens with zero attached hydrogens (tertiary/aromatic N) is 1. The lowest BCUT2D eigenvalue weighted by Crippen LogP contribution is -2.39. The molecule has 0 bridgehead atoms. The minimum atomic E-state index is -0.192. The Hall–Kier alpha value is -1.75. The van der Waals surface area contributed by atoms with Gasteiger partial charge in [0.2, 0.25) is 5.91 Å². The first kappa shape index (κ1) is 14.7. The summed E-state index contributed by atoms with van der Waals surface area (Å²) in [6.07, 6.45) is 1.59. The Kier molecular flexibility index (Phi) is 4.49. The molecule has 0 aliphatic carbocycles. The molecule has 0 unspecified atom stereocenters. The lowest BCUT2D eigenvalue weighted by molar-refractivity contribution is -0.122. The predicted octanol–water partition coefficient (Wildman–Crippen LogP) is 1.42. The van der Waals surface area contributed by atoms with Crippen LogP contribution in [0.25, 0.3) is 0 Å². The van der Waals surface area contributed by atoms with Gasteiger partial charge in [0.15, 0.2) is 0 Å². The van der Waals surface area contributed by atoms with E-state index in [2.05, 4.69) is 11.0 Å². The number of carbonyl (C=O) groups excluding carboxylic acids is 1. The number of nitrogens with two attached hydrogens (primary N) is 2. The average molecular weight is 277 g/mol. The van der Waals surface area contributed by atoms with Gasteiger partial charge in [-0.25, -0.2) is 0 Å². The fraction of sp³-hybridized carbons (Fsp3) is 0.533. The van der Waals surface area contributed by atoms with Crippen LogP contribution in [0.5, 0.6) is 5.75 Å². The number of piperidine rings is 1. The van der Waals surface area contributed by atoms with Crippen LogP contribution in [0.15, 0.2) is 18.2 Å². The molecule has 0 spiro atoms. The molecule has 110 valence electrons. The standard InChI is InChI=1S/C15H23N3O2/c1-10(16)14-12(4-3-5-13(14)20-2)18-8-6-11(7-9-18)15(17)19/h3-5,10-11H,6-9,16H2,1-2H3,(H2,17,19)/t10-/m1/s1. The zero-order valence-electron chi connectivity index (χ0n) is 12.1. The first-order chi connectivity index (χ1) is 9.54. The van der Waals surface area contributed by atoms with Gasteiger partial charge in [-0.3, -0.25) is 4.79 Å². The molecule has 0 saturated carbocycles. The second kappa shape index (κ2) is 6.13. The monoisotopic (exact) mass is 277 g/mol. The van der Waals surface area contributed by atoms with Gasteiger partial charge in [-0.05, 0) is 31.9 Å². The number of benzene rings is 1. The van der Waals surface area contributed by atoms with E-state index in [1.54, 1.807) is 7.11 Å². The molecule has 1 saturated heterocycles. The van der Waals surface area contributed by atoms with Crippen molar-refractivity contribution in [2.75, 3.05) is 25.1 Å². The molecule has 0 radical (unpaired) electrons. The lowest BCUT2D eigenvalue weighted by Gasteiger charge is -2.34. The van der Waals surface area contributed by atoms with Crippen LogP contribution in [0.3, 0.4) is 0 Å². The topological polar surface area (TPSA) is 81.6 Å². The molecule has 1 aliphatic rings. The first-order valence-corrected chi connectivity index (χ1v) is 7.01. The highest BCUT2D eigenvalue weighted by Gasteiger charge is 2.25. The van der Waals surface area contributed by atoms with Crippen molar-refractivity contribution < 1.29 is 9.53 Å². The van der Waals surface area contributed by atoms with Crippen LogP contribution in [0.1, 0.15) is 31.4 Å². The maximum absolute atomic E-state index is 11.2. The molecule has 1 amide bonds. The normalized spacial score (nSPS) is 17.9. The van der Waals surface area contributed by atoms with Gasteiger partial charge in [0.25, 0.3) is 0 Å². The number of hydrogen-bond donors (Lipinski definition) is 2. The van der Waals surface area contributed by atoms with E-state index < -0.39 is 0 Å². The molecule has 1 aromatic carbocycles. The second-order valence-electron chi connectivity index (χ2n) is 5.35. The molecular formula is C15H23N3O2. The third-order valence-electron chi connectivity index (χ3n) is 3.96. The van der Waals surface area contributed by atoms with Crippen molar-refractivity contribution in [3.8, 4) is 5.75 Å². The number of anilines is 1. The smallest absolute Gasteiger partial charge is 0.220 e. The van der Waals surface area contributed by atoms with Gasteiger partial charge in [-0.1, -0.05) is 6.07 Å². The van der Waals surface area contributed by atoms with Crippen molar-refractivity contribution in [1.82, 2.24) is 0 Å². The van der Waals surface area contributed by atoms with Crippen molar-refractivity contribution in [2.24, 2.45) is 17.4 Å². The van der Waals surface area contributed by atoms with Crippen molar-refractivity contribution in [3.63, 3.8) is 0 Å². The van der Waals surface area contributed by atoms with E-state index in [1.807, 2.05) is 19.1 Å². The van der Waals surface area contributed by atoms with Crippen LogP contribution >= 0.6 is 0 Å². The number of amides is 1. The molecule has 20 heavy (non-hydrogen) atoms. The van der Waals surface area contributed by atoms with Crippen molar-refractivity contribution in [1.29, 1.82) is 0 Å². The molecule has 1 atom stereocenters. The molecule has 5 heteroatoms. The van der Waals surface area contributed by atoms with Crippen LogP contribution < -0.4 is 21.1 Å².